The molecule has 0 atom stereocenters. The van der Waals surface area contributed by atoms with Crippen molar-refractivity contribution in [3.8, 4) is 0 Å². The van der Waals surface area contributed by atoms with Crippen LogP contribution in [-0.2, 0) is 22.1 Å². The van der Waals surface area contributed by atoms with Gasteiger partial charge in [-0.3, -0.25) is 0 Å². The molecule has 3 heteroatoms. The Morgan fingerprint density at radius 2 is 2.00 bits per heavy atom. The number of carbonyl (C=O) groups excluding carboxylic acids is 1. The molecule has 0 saturated carbocycles. The molecule has 13 heavy (non-hydrogen) atoms. The zero-order chi connectivity index (χ0) is 8.81. The Morgan fingerprint density at radius 3 is 2.54 bits per heavy atom. The van der Waals surface area contributed by atoms with Crippen molar-refractivity contribution in [1.29, 1.82) is 0 Å². The number of hydrogen-bond acceptors (Lipinski definition) is 2. The van der Waals surface area contributed by atoms with Gasteiger partial charge in [0.05, 0.1) is 5.56 Å². The van der Waals surface area contributed by atoms with Crippen LogP contribution in [0.5, 0.6) is 0 Å². The maximum Gasteiger partial charge on any atom is 0.338 e. The van der Waals surface area contributed by atoms with Crippen LogP contribution < -0.4 is 0 Å². The summed E-state index contributed by atoms with van der Waals surface area (Å²) < 4.78 is 4.82. The van der Waals surface area contributed by atoms with E-state index in [4.69, 9.17) is 4.74 Å². The standard InChI is InChI=1S/C10H10O2.Cr/c1-2-8-12-10(11)9-6-4-3-5-7-9;/h2-7H,1,8H2;. The first-order chi connectivity index (χ1) is 5.84. The molecule has 0 radical (unpaired) electrons. The molecule has 2 nitrogen and oxygen atoms in total. The van der Waals surface area contributed by atoms with Crippen molar-refractivity contribution in [1.82, 2.24) is 0 Å². The molecule has 68 valence electrons. The van der Waals surface area contributed by atoms with Gasteiger partial charge in [0.1, 0.15) is 6.61 Å². The smallest absolute Gasteiger partial charge is 0.338 e. The minimum absolute atomic E-state index is 0. The zero-order valence-electron chi connectivity index (χ0n) is 7.10. The van der Waals surface area contributed by atoms with Crippen LogP contribution in [0.25, 0.3) is 0 Å². The van der Waals surface area contributed by atoms with Gasteiger partial charge in [-0.25, -0.2) is 4.79 Å². The van der Waals surface area contributed by atoms with Crippen molar-refractivity contribution < 1.29 is 26.9 Å². The van der Waals surface area contributed by atoms with Gasteiger partial charge in [-0.2, -0.15) is 0 Å². The number of rotatable bonds is 3. The van der Waals surface area contributed by atoms with Crippen LogP contribution in [0.3, 0.4) is 0 Å². The number of benzene rings is 1. The summed E-state index contributed by atoms with van der Waals surface area (Å²) in [5, 5.41) is 0. The third kappa shape index (κ3) is 3.93. The summed E-state index contributed by atoms with van der Waals surface area (Å²) in [6.07, 6.45) is 1.54. The first-order valence-electron chi connectivity index (χ1n) is 3.67. The largest absolute Gasteiger partial charge is 0.458 e. The Kier molecular flexibility index (Phi) is 5.96. The van der Waals surface area contributed by atoms with Gasteiger partial charge in [-0.1, -0.05) is 30.9 Å². The molecule has 0 aliphatic carbocycles. The van der Waals surface area contributed by atoms with E-state index >= 15 is 0 Å². The van der Waals surface area contributed by atoms with Gasteiger partial charge in [0.15, 0.2) is 0 Å². The molecule has 0 amide bonds. The second-order valence-electron chi connectivity index (χ2n) is 2.25. The van der Waals surface area contributed by atoms with Gasteiger partial charge in [0.25, 0.3) is 0 Å². The molecule has 0 aliphatic rings. The molecule has 0 bridgehead atoms. The van der Waals surface area contributed by atoms with Crippen LogP contribution >= 0.6 is 0 Å². The van der Waals surface area contributed by atoms with E-state index in [9.17, 15) is 4.79 Å². The van der Waals surface area contributed by atoms with E-state index in [-0.39, 0.29) is 29.9 Å². The zero-order valence-corrected chi connectivity index (χ0v) is 8.38. The van der Waals surface area contributed by atoms with E-state index in [2.05, 4.69) is 6.58 Å². The fourth-order valence-corrected chi connectivity index (χ4v) is 0.792. The normalized spacial score (nSPS) is 8.31. The monoisotopic (exact) mass is 214 g/mol. The van der Waals surface area contributed by atoms with Crippen LogP contribution in [0.2, 0.25) is 0 Å². The number of ether oxygens (including phenoxy) is 1. The van der Waals surface area contributed by atoms with Crippen LogP contribution in [0, 0.1) is 0 Å². The third-order valence-electron chi connectivity index (χ3n) is 1.34. The van der Waals surface area contributed by atoms with E-state index < -0.39 is 0 Å². The van der Waals surface area contributed by atoms with Gasteiger partial charge in [0, 0.05) is 17.4 Å². The van der Waals surface area contributed by atoms with Crippen LogP contribution in [0.4, 0.5) is 0 Å². The Hall–Kier alpha value is -1.04. The molecule has 0 fully saturated rings. The number of carbonyl (C=O) groups is 1. The fourth-order valence-electron chi connectivity index (χ4n) is 0.792. The average Bonchev–Trinajstić information content (AvgIpc) is 2.15. The van der Waals surface area contributed by atoms with Crippen molar-refractivity contribution in [2.24, 2.45) is 0 Å². The van der Waals surface area contributed by atoms with Gasteiger partial charge in [-0.15, -0.1) is 0 Å². The number of esters is 1. The summed E-state index contributed by atoms with van der Waals surface area (Å²) in [5.74, 6) is -0.310. The van der Waals surface area contributed by atoms with Crippen LogP contribution in [-0.4, -0.2) is 12.6 Å². The number of hydrogen-bond donors (Lipinski definition) is 0. The van der Waals surface area contributed by atoms with E-state index in [1.54, 1.807) is 30.3 Å². The van der Waals surface area contributed by atoms with Crippen molar-refractivity contribution in [3.05, 3.63) is 48.6 Å². The Labute approximate surface area is 88.4 Å². The molecule has 0 N–H and O–H groups in total. The maximum absolute atomic E-state index is 11.1. The minimum atomic E-state index is -0.310. The quantitative estimate of drug-likeness (QED) is 0.568. The maximum atomic E-state index is 11.1. The van der Waals surface area contributed by atoms with Crippen molar-refractivity contribution in [2.45, 2.75) is 0 Å². The van der Waals surface area contributed by atoms with Crippen molar-refractivity contribution in [2.75, 3.05) is 6.61 Å². The fraction of sp³-hybridized carbons (Fsp3) is 0.100. The summed E-state index contributed by atoms with van der Waals surface area (Å²) in [4.78, 5) is 11.1. The van der Waals surface area contributed by atoms with E-state index in [1.807, 2.05) is 6.07 Å². The molecule has 1 aromatic carbocycles. The molecule has 0 heterocycles. The Balaban J connectivity index is 0.00000144. The molecule has 0 aliphatic heterocycles. The van der Waals surface area contributed by atoms with Crippen LogP contribution in [0.1, 0.15) is 10.4 Å². The SMILES string of the molecule is C=CCOC(=O)c1ccccc1.[Cr]. The van der Waals surface area contributed by atoms with E-state index in [0.717, 1.165) is 0 Å². The molecule has 0 saturated heterocycles. The Morgan fingerprint density at radius 1 is 1.38 bits per heavy atom. The second kappa shape index (κ2) is 6.48. The molecule has 1 rings (SSSR count). The summed E-state index contributed by atoms with van der Waals surface area (Å²) in [7, 11) is 0. The van der Waals surface area contributed by atoms with Gasteiger partial charge in [-0.05, 0) is 12.1 Å². The van der Waals surface area contributed by atoms with Gasteiger partial charge in [0.2, 0.25) is 0 Å². The summed E-state index contributed by atoms with van der Waals surface area (Å²) in [6.45, 7) is 3.71. The molecule has 0 spiro atoms. The summed E-state index contributed by atoms with van der Waals surface area (Å²) >= 11 is 0. The first kappa shape index (κ1) is 12.0. The third-order valence-corrected chi connectivity index (χ3v) is 1.34. The van der Waals surface area contributed by atoms with Crippen LogP contribution in [0.15, 0.2) is 43.0 Å². The molecular weight excluding hydrogens is 204 g/mol. The predicted molar refractivity (Wildman–Crippen MR) is 46.9 cm³/mol. The van der Waals surface area contributed by atoms with E-state index in [0.29, 0.717) is 5.56 Å². The Bertz CT molecular complexity index is 270. The van der Waals surface area contributed by atoms with Crippen molar-refractivity contribution in [3.63, 3.8) is 0 Å². The van der Waals surface area contributed by atoms with Gasteiger partial charge < -0.3 is 4.74 Å². The molecule has 1 aromatic rings. The van der Waals surface area contributed by atoms with Crippen molar-refractivity contribution >= 4 is 5.97 Å². The minimum Gasteiger partial charge on any atom is -0.458 e. The average molecular weight is 214 g/mol. The summed E-state index contributed by atoms with van der Waals surface area (Å²) in [5.41, 5.74) is 0.569. The topological polar surface area (TPSA) is 26.3 Å². The van der Waals surface area contributed by atoms with E-state index in [1.165, 1.54) is 0 Å². The van der Waals surface area contributed by atoms with Gasteiger partial charge >= 0.3 is 5.97 Å². The first-order valence-corrected chi connectivity index (χ1v) is 3.67. The second-order valence-corrected chi connectivity index (χ2v) is 2.25. The molecule has 0 unspecified atom stereocenters. The summed E-state index contributed by atoms with van der Waals surface area (Å²) in [6, 6.07) is 8.87. The molecule has 0 aromatic heterocycles. The molecular formula is C10H10CrO2. The predicted octanol–water partition coefficient (Wildman–Crippen LogP) is 2.03.